The molecule has 0 aliphatic rings. The zero-order valence-electron chi connectivity index (χ0n) is 19.6. The van der Waals surface area contributed by atoms with Gasteiger partial charge in [-0.05, 0) is 27.8 Å². The molecule has 0 spiro atoms. The molecule has 3 aromatic carbocycles. The average Bonchev–Trinajstić information content (AvgIpc) is 3.60. The molecule has 0 saturated carbocycles. The van der Waals surface area contributed by atoms with Gasteiger partial charge in [0.15, 0.2) is 0 Å². The highest BCUT2D eigenvalue weighted by Gasteiger charge is 2.17. The second-order valence-electron chi connectivity index (χ2n) is 8.49. The molecule has 7 nitrogen and oxygen atoms in total. The van der Waals surface area contributed by atoms with Gasteiger partial charge in [-0.2, -0.15) is 9.78 Å². The van der Waals surface area contributed by atoms with Crippen LogP contribution in [-0.4, -0.2) is 25.7 Å². The van der Waals surface area contributed by atoms with Gasteiger partial charge in [-0.3, -0.25) is 14.6 Å². The molecule has 0 unspecified atom stereocenters. The summed E-state index contributed by atoms with van der Waals surface area (Å²) in [7, 11) is 0. The summed E-state index contributed by atoms with van der Waals surface area (Å²) in [5.41, 5.74) is 2.61. The standard InChI is InChI=1S/C29H21N5O2S/c35-27(16-21-12-6-11-19-8-4-5-13-22(19)21)31-26-17-24(25-14-7-15-37-25)33-34(26)29-30-23(18-28(36)32-29)20-9-2-1-3-10-20/h1-15,17-18H,16H2,(H,31,35)(H,30,32,36). The minimum atomic E-state index is -0.315. The number of carbonyl (C=O) groups excluding carboxylic acids is 1. The maximum absolute atomic E-state index is 13.2. The Bertz CT molecular complexity index is 1770. The zero-order chi connectivity index (χ0) is 25.2. The topological polar surface area (TPSA) is 92.7 Å². The lowest BCUT2D eigenvalue weighted by Gasteiger charge is -2.10. The summed E-state index contributed by atoms with van der Waals surface area (Å²) in [6, 6.07) is 30.5. The first-order chi connectivity index (χ1) is 18.1. The van der Waals surface area contributed by atoms with Crippen LogP contribution in [0.15, 0.2) is 107 Å². The van der Waals surface area contributed by atoms with Gasteiger partial charge >= 0.3 is 0 Å². The van der Waals surface area contributed by atoms with Crippen molar-refractivity contribution >= 4 is 33.8 Å². The van der Waals surface area contributed by atoms with E-state index in [1.807, 2.05) is 90.3 Å². The Kier molecular flexibility index (Phi) is 5.92. The Morgan fingerprint density at radius 2 is 1.70 bits per heavy atom. The summed E-state index contributed by atoms with van der Waals surface area (Å²) in [4.78, 5) is 34.1. The highest BCUT2D eigenvalue weighted by Crippen LogP contribution is 2.28. The van der Waals surface area contributed by atoms with Gasteiger partial charge in [-0.1, -0.05) is 78.9 Å². The summed E-state index contributed by atoms with van der Waals surface area (Å²) in [6.07, 6.45) is 0.189. The first-order valence-electron chi connectivity index (χ1n) is 11.7. The van der Waals surface area contributed by atoms with Gasteiger partial charge in [0.2, 0.25) is 11.9 Å². The summed E-state index contributed by atoms with van der Waals surface area (Å²) in [5, 5.41) is 11.8. The minimum Gasteiger partial charge on any atom is -0.310 e. The van der Waals surface area contributed by atoms with Gasteiger partial charge in [-0.15, -0.1) is 11.3 Å². The van der Waals surface area contributed by atoms with E-state index in [9.17, 15) is 9.59 Å². The number of benzene rings is 3. The SMILES string of the molecule is O=C(Cc1cccc2ccccc12)Nc1cc(-c2cccs2)nn1-c1nc(-c2ccccc2)cc(=O)[nH]1. The third-order valence-electron chi connectivity index (χ3n) is 5.98. The Labute approximate surface area is 216 Å². The first kappa shape index (κ1) is 22.6. The normalized spacial score (nSPS) is 11.0. The van der Waals surface area contributed by atoms with E-state index >= 15 is 0 Å². The smallest absolute Gasteiger partial charge is 0.252 e. The van der Waals surface area contributed by atoms with Crippen molar-refractivity contribution in [3.63, 3.8) is 0 Å². The molecule has 0 atom stereocenters. The molecule has 0 saturated heterocycles. The molecule has 6 rings (SSSR count). The quantitative estimate of drug-likeness (QED) is 0.306. The van der Waals surface area contributed by atoms with Crippen LogP contribution < -0.4 is 10.9 Å². The van der Waals surface area contributed by atoms with E-state index in [1.165, 1.54) is 22.1 Å². The Morgan fingerprint density at radius 1 is 0.892 bits per heavy atom. The number of rotatable bonds is 6. The van der Waals surface area contributed by atoms with Crippen molar-refractivity contribution in [1.29, 1.82) is 0 Å². The number of aromatic nitrogens is 4. The fourth-order valence-corrected chi connectivity index (χ4v) is 4.97. The van der Waals surface area contributed by atoms with E-state index < -0.39 is 0 Å². The number of hydrogen-bond donors (Lipinski definition) is 2. The van der Waals surface area contributed by atoms with Gasteiger partial charge in [0.05, 0.1) is 17.0 Å². The molecule has 180 valence electrons. The van der Waals surface area contributed by atoms with E-state index in [2.05, 4.69) is 20.4 Å². The summed E-state index contributed by atoms with van der Waals surface area (Å²) >= 11 is 1.54. The Hall–Kier alpha value is -4.82. The van der Waals surface area contributed by atoms with Crippen molar-refractivity contribution in [1.82, 2.24) is 19.7 Å². The van der Waals surface area contributed by atoms with E-state index in [-0.39, 0.29) is 23.8 Å². The van der Waals surface area contributed by atoms with Crippen molar-refractivity contribution < 1.29 is 4.79 Å². The van der Waals surface area contributed by atoms with Crippen LogP contribution in [0, 0.1) is 0 Å². The number of H-pyrrole nitrogens is 1. The molecular formula is C29H21N5O2S. The molecule has 0 aliphatic heterocycles. The van der Waals surface area contributed by atoms with Crippen LogP contribution >= 0.6 is 11.3 Å². The Balaban J connectivity index is 1.38. The highest BCUT2D eigenvalue weighted by molar-refractivity contribution is 7.13. The Morgan fingerprint density at radius 3 is 2.54 bits per heavy atom. The van der Waals surface area contributed by atoms with Gasteiger partial charge in [0, 0.05) is 17.7 Å². The number of amides is 1. The van der Waals surface area contributed by atoms with Crippen molar-refractivity contribution in [3.05, 3.63) is 118 Å². The van der Waals surface area contributed by atoms with E-state index in [1.54, 1.807) is 6.07 Å². The van der Waals surface area contributed by atoms with E-state index in [4.69, 9.17) is 0 Å². The number of carbonyl (C=O) groups is 1. The first-order valence-corrected chi connectivity index (χ1v) is 12.6. The molecule has 37 heavy (non-hydrogen) atoms. The van der Waals surface area contributed by atoms with Crippen molar-refractivity contribution in [2.24, 2.45) is 0 Å². The number of nitrogens with one attached hydrogen (secondary N) is 2. The number of nitrogens with zero attached hydrogens (tertiary/aromatic N) is 3. The second kappa shape index (κ2) is 9.67. The fourth-order valence-electron chi connectivity index (χ4n) is 4.28. The predicted molar refractivity (Wildman–Crippen MR) is 147 cm³/mol. The lowest BCUT2D eigenvalue weighted by Crippen LogP contribution is -2.20. The zero-order valence-corrected chi connectivity index (χ0v) is 20.4. The molecule has 2 N–H and O–H groups in total. The highest BCUT2D eigenvalue weighted by atomic mass is 32.1. The van der Waals surface area contributed by atoms with Crippen LogP contribution in [0.4, 0.5) is 5.82 Å². The van der Waals surface area contributed by atoms with Gasteiger partial charge in [0.1, 0.15) is 11.5 Å². The van der Waals surface area contributed by atoms with Crippen molar-refractivity contribution in [2.75, 3.05) is 5.32 Å². The van der Waals surface area contributed by atoms with Crippen molar-refractivity contribution in [2.45, 2.75) is 6.42 Å². The molecule has 1 amide bonds. The van der Waals surface area contributed by atoms with Crippen LogP contribution in [0.3, 0.4) is 0 Å². The minimum absolute atomic E-state index is 0.189. The van der Waals surface area contributed by atoms with E-state index in [0.717, 1.165) is 26.8 Å². The third-order valence-corrected chi connectivity index (χ3v) is 6.87. The van der Waals surface area contributed by atoms with Crippen LogP contribution in [0.25, 0.3) is 38.5 Å². The summed E-state index contributed by atoms with van der Waals surface area (Å²) in [5.74, 6) is 0.438. The molecule has 6 aromatic rings. The van der Waals surface area contributed by atoms with Gasteiger partial charge < -0.3 is 5.32 Å². The predicted octanol–water partition coefficient (Wildman–Crippen LogP) is 5.69. The molecule has 8 heteroatoms. The summed E-state index contributed by atoms with van der Waals surface area (Å²) in [6.45, 7) is 0. The molecular weight excluding hydrogens is 482 g/mol. The lowest BCUT2D eigenvalue weighted by atomic mass is 10.0. The maximum Gasteiger partial charge on any atom is 0.252 e. The molecule has 3 aromatic heterocycles. The summed E-state index contributed by atoms with van der Waals surface area (Å²) < 4.78 is 1.48. The number of aromatic amines is 1. The second-order valence-corrected chi connectivity index (χ2v) is 9.44. The third kappa shape index (κ3) is 4.70. The number of anilines is 1. The van der Waals surface area contributed by atoms with E-state index in [0.29, 0.717) is 17.2 Å². The van der Waals surface area contributed by atoms with Gasteiger partial charge in [-0.25, -0.2) is 4.98 Å². The monoisotopic (exact) mass is 503 g/mol. The van der Waals surface area contributed by atoms with Crippen LogP contribution in [0.5, 0.6) is 0 Å². The average molecular weight is 504 g/mol. The molecule has 0 radical (unpaired) electrons. The molecule has 3 heterocycles. The number of hydrogen-bond acceptors (Lipinski definition) is 5. The van der Waals surface area contributed by atoms with Crippen LogP contribution in [0.1, 0.15) is 5.56 Å². The number of thiophene rings is 1. The molecule has 0 aliphatic carbocycles. The largest absolute Gasteiger partial charge is 0.310 e. The van der Waals surface area contributed by atoms with Gasteiger partial charge in [0.25, 0.3) is 5.56 Å². The number of fused-ring (bicyclic) bond motifs is 1. The molecule has 0 bridgehead atoms. The van der Waals surface area contributed by atoms with Crippen molar-refractivity contribution in [3.8, 4) is 27.8 Å². The fraction of sp³-hybridized carbons (Fsp3) is 0.0345. The maximum atomic E-state index is 13.2. The molecule has 0 fully saturated rings. The van der Waals surface area contributed by atoms with Crippen LogP contribution in [0.2, 0.25) is 0 Å². The lowest BCUT2D eigenvalue weighted by molar-refractivity contribution is -0.115. The van der Waals surface area contributed by atoms with Crippen LogP contribution in [-0.2, 0) is 11.2 Å².